The van der Waals surface area contributed by atoms with Crippen LogP contribution in [0.2, 0.25) is 0 Å². The molecule has 2 rings (SSSR count). The summed E-state index contributed by atoms with van der Waals surface area (Å²) < 4.78 is 5.23. The largest absolute Gasteiger partial charge is 0.466 e. The fourth-order valence-corrected chi connectivity index (χ4v) is 4.36. The van der Waals surface area contributed by atoms with Gasteiger partial charge in [-0.1, -0.05) is 38.8 Å². The number of hydrogen-bond acceptors (Lipinski definition) is 5. The molecule has 0 radical (unpaired) electrons. The van der Waals surface area contributed by atoms with Crippen LogP contribution in [0, 0.1) is 23.7 Å². The molecule has 1 saturated heterocycles. The van der Waals surface area contributed by atoms with E-state index in [1.54, 1.807) is 11.8 Å². The lowest BCUT2D eigenvalue weighted by Crippen LogP contribution is -2.47. The van der Waals surface area contributed by atoms with E-state index in [9.17, 15) is 19.5 Å². The van der Waals surface area contributed by atoms with E-state index < -0.39 is 17.9 Å². The topological polar surface area (TPSA) is 95.9 Å². The number of allylic oxidation sites excluding steroid dienone is 1. The Morgan fingerprint density at radius 1 is 1.21 bits per heavy atom. The number of carbonyl (C=O) groups excluding carboxylic acids is 3. The number of unbranched alkanes of at least 4 members (excludes halogenated alkanes) is 2. The van der Waals surface area contributed by atoms with Gasteiger partial charge in [0.2, 0.25) is 11.8 Å². The van der Waals surface area contributed by atoms with Crippen molar-refractivity contribution in [2.24, 2.45) is 23.7 Å². The molecule has 0 bridgehead atoms. The Morgan fingerprint density at radius 2 is 1.96 bits per heavy atom. The van der Waals surface area contributed by atoms with Gasteiger partial charge in [-0.25, -0.2) is 0 Å². The first-order chi connectivity index (χ1) is 13.5. The molecular formula is C21H34N2O5. The molecule has 158 valence electrons. The van der Waals surface area contributed by atoms with E-state index in [2.05, 4.69) is 12.2 Å². The lowest BCUT2D eigenvalue weighted by Gasteiger charge is -2.32. The van der Waals surface area contributed by atoms with Gasteiger partial charge in [0, 0.05) is 25.6 Å². The average molecular weight is 395 g/mol. The molecule has 7 heteroatoms. The van der Waals surface area contributed by atoms with E-state index in [1.807, 2.05) is 19.1 Å². The maximum atomic E-state index is 13.2. The van der Waals surface area contributed by atoms with Crippen molar-refractivity contribution >= 4 is 17.8 Å². The number of amides is 2. The minimum absolute atomic E-state index is 0.0580. The molecule has 0 spiro atoms. The maximum absolute atomic E-state index is 13.2. The molecule has 0 aromatic carbocycles. The fourth-order valence-electron chi connectivity index (χ4n) is 4.36. The number of esters is 1. The highest BCUT2D eigenvalue weighted by Crippen LogP contribution is 2.44. The van der Waals surface area contributed by atoms with Crippen molar-refractivity contribution in [3.05, 3.63) is 12.2 Å². The van der Waals surface area contributed by atoms with Crippen LogP contribution in [0.25, 0.3) is 0 Å². The summed E-state index contributed by atoms with van der Waals surface area (Å²) in [6.07, 6.45) is 7.22. The zero-order chi connectivity index (χ0) is 20.7. The Balaban J connectivity index is 2.26. The van der Waals surface area contributed by atoms with Gasteiger partial charge in [-0.3, -0.25) is 14.4 Å². The maximum Gasteiger partial charge on any atom is 0.310 e. The number of likely N-dealkylation sites (tertiary alicyclic amines) is 1. The molecule has 5 atom stereocenters. The number of hydrogen-bond donors (Lipinski definition) is 2. The predicted molar refractivity (Wildman–Crippen MR) is 105 cm³/mol. The summed E-state index contributed by atoms with van der Waals surface area (Å²) in [4.78, 5) is 40.3. The zero-order valence-electron chi connectivity index (χ0n) is 17.2. The highest BCUT2D eigenvalue weighted by Gasteiger charge is 2.56. The molecule has 2 aliphatic rings. The van der Waals surface area contributed by atoms with Crippen molar-refractivity contribution in [1.29, 1.82) is 0 Å². The van der Waals surface area contributed by atoms with Crippen molar-refractivity contribution in [1.82, 2.24) is 10.2 Å². The van der Waals surface area contributed by atoms with Gasteiger partial charge >= 0.3 is 5.97 Å². The van der Waals surface area contributed by atoms with Crippen molar-refractivity contribution in [2.45, 2.75) is 52.5 Å². The van der Waals surface area contributed by atoms with Crippen LogP contribution >= 0.6 is 0 Å². The second kappa shape index (κ2) is 10.6. The number of ether oxygens (including phenoxy) is 1. The van der Waals surface area contributed by atoms with Gasteiger partial charge in [0.05, 0.1) is 18.4 Å². The Kier molecular flexibility index (Phi) is 8.48. The average Bonchev–Trinajstić information content (AvgIpc) is 2.95. The number of fused-ring (bicyclic) bond motifs is 1. The van der Waals surface area contributed by atoms with Crippen LogP contribution in [0.1, 0.15) is 46.5 Å². The summed E-state index contributed by atoms with van der Waals surface area (Å²) in [6.45, 7) is 6.82. The van der Waals surface area contributed by atoms with E-state index in [1.165, 1.54) is 0 Å². The van der Waals surface area contributed by atoms with Gasteiger partial charge in [-0.05, 0) is 25.7 Å². The van der Waals surface area contributed by atoms with Crippen molar-refractivity contribution in [3.8, 4) is 0 Å². The van der Waals surface area contributed by atoms with E-state index in [-0.39, 0.29) is 42.8 Å². The highest BCUT2D eigenvalue weighted by molar-refractivity contribution is 5.96. The molecule has 1 aliphatic heterocycles. The first kappa shape index (κ1) is 22.4. The molecular weight excluding hydrogens is 360 g/mol. The summed E-state index contributed by atoms with van der Waals surface area (Å²) in [6, 6.07) is -0.647. The SMILES string of the molecule is CCCCCNC(=O)[C@@H]1[C@H]2C=C[C@@H](C)[C@@H](C(=O)OCC)[C@@H]2C(=O)N1CCCO. The molecule has 1 heterocycles. The Labute approximate surface area is 167 Å². The third-order valence-corrected chi connectivity index (χ3v) is 5.74. The molecule has 28 heavy (non-hydrogen) atoms. The van der Waals surface area contributed by atoms with Crippen LogP contribution in [0.4, 0.5) is 0 Å². The standard InChI is InChI=1S/C21H34N2O5/c1-4-6-7-11-22-19(25)18-15-10-9-14(3)16(21(27)28-5-2)17(15)20(26)23(18)12-8-13-24/h9-10,14-18,24H,4-8,11-13H2,1-3H3,(H,22,25)/t14-,15+,16-,17-,18+/m1/s1. The molecule has 7 nitrogen and oxygen atoms in total. The quantitative estimate of drug-likeness (QED) is 0.333. The van der Waals surface area contributed by atoms with Gasteiger partial charge in [0.15, 0.2) is 0 Å². The molecule has 0 saturated carbocycles. The zero-order valence-corrected chi connectivity index (χ0v) is 17.2. The van der Waals surface area contributed by atoms with Crippen LogP contribution in [-0.2, 0) is 19.1 Å². The second-order valence-corrected chi connectivity index (χ2v) is 7.68. The number of aliphatic hydroxyl groups excluding tert-OH is 1. The molecule has 2 N–H and O–H groups in total. The van der Waals surface area contributed by atoms with Crippen LogP contribution in [0.5, 0.6) is 0 Å². The van der Waals surface area contributed by atoms with Gasteiger partial charge in [-0.15, -0.1) is 0 Å². The Morgan fingerprint density at radius 3 is 2.61 bits per heavy atom. The summed E-state index contributed by atoms with van der Waals surface area (Å²) >= 11 is 0. The number of carbonyl (C=O) groups is 3. The number of aliphatic hydroxyl groups is 1. The van der Waals surface area contributed by atoms with Crippen LogP contribution < -0.4 is 5.32 Å². The number of nitrogens with one attached hydrogen (secondary N) is 1. The minimum Gasteiger partial charge on any atom is -0.466 e. The Bertz CT molecular complexity index is 591. The van der Waals surface area contributed by atoms with E-state index in [0.717, 1.165) is 19.3 Å². The van der Waals surface area contributed by atoms with Gasteiger partial charge < -0.3 is 20.1 Å². The van der Waals surface area contributed by atoms with Crippen LogP contribution in [0.15, 0.2) is 12.2 Å². The molecule has 0 aromatic rings. The van der Waals surface area contributed by atoms with Crippen molar-refractivity contribution in [3.63, 3.8) is 0 Å². The lowest BCUT2D eigenvalue weighted by molar-refractivity contribution is -0.155. The van der Waals surface area contributed by atoms with E-state index >= 15 is 0 Å². The van der Waals surface area contributed by atoms with E-state index in [0.29, 0.717) is 19.5 Å². The second-order valence-electron chi connectivity index (χ2n) is 7.68. The third-order valence-electron chi connectivity index (χ3n) is 5.74. The van der Waals surface area contributed by atoms with E-state index in [4.69, 9.17) is 4.74 Å². The predicted octanol–water partition coefficient (Wildman–Crippen LogP) is 1.50. The monoisotopic (exact) mass is 394 g/mol. The summed E-state index contributed by atoms with van der Waals surface area (Å²) in [5.74, 6) is -2.42. The van der Waals surface area contributed by atoms with Gasteiger partial charge in [-0.2, -0.15) is 0 Å². The normalized spacial score (nSPS) is 28.9. The summed E-state index contributed by atoms with van der Waals surface area (Å²) in [7, 11) is 0. The van der Waals surface area contributed by atoms with Gasteiger partial charge in [0.25, 0.3) is 0 Å². The summed E-state index contributed by atoms with van der Waals surface area (Å²) in [5.41, 5.74) is 0. The smallest absolute Gasteiger partial charge is 0.310 e. The number of rotatable bonds is 10. The van der Waals surface area contributed by atoms with Gasteiger partial charge in [0.1, 0.15) is 6.04 Å². The van der Waals surface area contributed by atoms with Crippen LogP contribution in [0.3, 0.4) is 0 Å². The van der Waals surface area contributed by atoms with Crippen molar-refractivity contribution < 1.29 is 24.2 Å². The lowest BCUT2D eigenvalue weighted by atomic mass is 9.70. The fraction of sp³-hybridized carbons (Fsp3) is 0.762. The first-order valence-corrected chi connectivity index (χ1v) is 10.5. The third kappa shape index (κ3) is 4.74. The number of nitrogens with zero attached hydrogens (tertiary/aromatic N) is 1. The molecule has 1 fully saturated rings. The van der Waals surface area contributed by atoms with Crippen LogP contribution in [-0.4, -0.2) is 60.1 Å². The molecule has 1 aliphatic carbocycles. The first-order valence-electron chi connectivity index (χ1n) is 10.5. The molecule has 0 aromatic heterocycles. The minimum atomic E-state index is -0.647. The summed E-state index contributed by atoms with van der Waals surface area (Å²) in [5, 5.41) is 12.2. The molecule has 2 amide bonds. The highest BCUT2D eigenvalue weighted by atomic mass is 16.5. The van der Waals surface area contributed by atoms with Crippen molar-refractivity contribution in [2.75, 3.05) is 26.3 Å². The molecule has 0 unspecified atom stereocenters. The Hall–Kier alpha value is -1.89.